The van der Waals surface area contributed by atoms with E-state index in [0.717, 1.165) is 24.1 Å². The van der Waals surface area contributed by atoms with Gasteiger partial charge in [0, 0.05) is 0 Å². The number of nitrogens with zero attached hydrogens (tertiary/aromatic N) is 4. The molecule has 1 aromatic heterocycles. The molecule has 1 aliphatic rings. The largest absolute Gasteiger partial charge is 0.333 e. The zero-order valence-corrected chi connectivity index (χ0v) is 9.55. The summed E-state index contributed by atoms with van der Waals surface area (Å²) >= 11 is 0. The highest BCUT2D eigenvalue weighted by Gasteiger charge is 2.27. The van der Waals surface area contributed by atoms with Crippen LogP contribution >= 0.6 is 0 Å². The van der Waals surface area contributed by atoms with Gasteiger partial charge in [-0.3, -0.25) is 0 Å². The van der Waals surface area contributed by atoms with Gasteiger partial charge >= 0.3 is 0 Å². The lowest BCUT2D eigenvalue weighted by molar-refractivity contribution is 0.624. The van der Waals surface area contributed by atoms with Crippen LogP contribution in [0.4, 0.5) is 4.39 Å². The lowest BCUT2D eigenvalue weighted by Gasteiger charge is -2.06. The van der Waals surface area contributed by atoms with Crippen LogP contribution in [0.1, 0.15) is 24.3 Å². The molecule has 1 fully saturated rings. The van der Waals surface area contributed by atoms with Crippen LogP contribution in [0, 0.1) is 5.82 Å². The van der Waals surface area contributed by atoms with Crippen molar-refractivity contribution in [3.63, 3.8) is 0 Å². The number of nitrogens with two attached hydrogens (primary N) is 1. The highest BCUT2D eigenvalue weighted by molar-refractivity contribution is 5.44. The van der Waals surface area contributed by atoms with Crippen molar-refractivity contribution < 1.29 is 4.39 Å². The van der Waals surface area contributed by atoms with Gasteiger partial charge in [0.25, 0.3) is 0 Å². The Kier molecular flexibility index (Phi) is 3.43. The number of tetrazole rings is 1. The molecule has 0 aliphatic heterocycles. The number of aromatic nitrogens is 4. The van der Waals surface area contributed by atoms with Gasteiger partial charge in [0.2, 0.25) is 0 Å². The molecule has 1 aromatic carbocycles. The average Bonchev–Trinajstić information content (AvgIpc) is 3.08. The first kappa shape index (κ1) is 11.7. The van der Waals surface area contributed by atoms with E-state index in [1.165, 1.54) is 19.4 Å². The smallest absolute Gasteiger partial charge is 0.143 e. The third-order valence-corrected chi connectivity index (χ3v) is 2.60. The highest BCUT2D eigenvalue weighted by atomic mass is 19.1. The van der Waals surface area contributed by atoms with Crippen LogP contribution in [0.5, 0.6) is 0 Å². The molecule has 0 bridgehead atoms. The Labute approximate surface area is 98.4 Å². The van der Waals surface area contributed by atoms with Gasteiger partial charge in [0.1, 0.15) is 12.1 Å². The normalized spacial score (nSPS) is 14.1. The second-order valence-electron chi connectivity index (χ2n) is 3.73. The van der Waals surface area contributed by atoms with E-state index in [0.29, 0.717) is 5.92 Å². The molecule has 0 atom stereocenters. The molecule has 1 heterocycles. The SMILES string of the molecule is CN.Fc1ccc(-n2cnnn2)c(C2CC2)c1. The molecule has 0 radical (unpaired) electrons. The van der Waals surface area contributed by atoms with Crippen LogP contribution in [0.15, 0.2) is 24.5 Å². The van der Waals surface area contributed by atoms with E-state index in [4.69, 9.17) is 0 Å². The fourth-order valence-electron chi connectivity index (χ4n) is 1.73. The molecule has 90 valence electrons. The summed E-state index contributed by atoms with van der Waals surface area (Å²) in [5, 5.41) is 11.0. The van der Waals surface area contributed by atoms with Crippen molar-refractivity contribution in [3.05, 3.63) is 35.9 Å². The third-order valence-electron chi connectivity index (χ3n) is 2.60. The average molecular weight is 235 g/mol. The Balaban J connectivity index is 0.000000514. The molecule has 0 unspecified atom stereocenters. The summed E-state index contributed by atoms with van der Waals surface area (Å²) in [7, 11) is 1.50. The van der Waals surface area contributed by atoms with Crippen LogP contribution < -0.4 is 5.73 Å². The number of benzene rings is 1. The Morgan fingerprint density at radius 3 is 2.71 bits per heavy atom. The summed E-state index contributed by atoms with van der Waals surface area (Å²) in [4.78, 5) is 0. The molecule has 5 nitrogen and oxygen atoms in total. The van der Waals surface area contributed by atoms with Crippen LogP contribution in [0.25, 0.3) is 5.69 Å². The van der Waals surface area contributed by atoms with Crippen molar-refractivity contribution in [2.24, 2.45) is 5.73 Å². The summed E-state index contributed by atoms with van der Waals surface area (Å²) in [5.74, 6) is 0.272. The van der Waals surface area contributed by atoms with Crippen LogP contribution in [0.3, 0.4) is 0 Å². The minimum absolute atomic E-state index is 0.200. The maximum absolute atomic E-state index is 13.1. The van der Waals surface area contributed by atoms with Gasteiger partial charge in [-0.15, -0.1) is 5.10 Å². The van der Waals surface area contributed by atoms with E-state index >= 15 is 0 Å². The number of rotatable bonds is 2. The van der Waals surface area contributed by atoms with Gasteiger partial charge in [0.15, 0.2) is 0 Å². The molecule has 2 aromatic rings. The molecule has 17 heavy (non-hydrogen) atoms. The van der Waals surface area contributed by atoms with Crippen LogP contribution in [-0.4, -0.2) is 27.3 Å². The molecular formula is C11H14FN5. The number of hydrogen-bond acceptors (Lipinski definition) is 4. The predicted molar refractivity (Wildman–Crippen MR) is 61.2 cm³/mol. The molecule has 3 rings (SSSR count). The minimum Gasteiger partial charge on any atom is -0.333 e. The molecule has 0 amide bonds. The van der Waals surface area contributed by atoms with Crippen molar-refractivity contribution in [1.29, 1.82) is 0 Å². The van der Waals surface area contributed by atoms with E-state index in [1.807, 2.05) is 0 Å². The van der Waals surface area contributed by atoms with Gasteiger partial charge in [0.05, 0.1) is 5.69 Å². The van der Waals surface area contributed by atoms with Crippen molar-refractivity contribution in [2.75, 3.05) is 7.05 Å². The fraction of sp³-hybridized carbons (Fsp3) is 0.364. The number of hydrogen-bond donors (Lipinski definition) is 1. The molecule has 0 saturated heterocycles. The van der Waals surface area contributed by atoms with Gasteiger partial charge in [-0.1, -0.05) is 0 Å². The lowest BCUT2D eigenvalue weighted by atomic mass is 10.1. The van der Waals surface area contributed by atoms with Gasteiger partial charge in [-0.2, -0.15) is 0 Å². The van der Waals surface area contributed by atoms with E-state index in [2.05, 4.69) is 21.3 Å². The fourth-order valence-corrected chi connectivity index (χ4v) is 1.73. The summed E-state index contributed by atoms with van der Waals surface area (Å²) in [6, 6.07) is 4.73. The first-order valence-electron chi connectivity index (χ1n) is 5.45. The van der Waals surface area contributed by atoms with E-state index < -0.39 is 0 Å². The maximum Gasteiger partial charge on any atom is 0.143 e. The van der Waals surface area contributed by atoms with Gasteiger partial charge < -0.3 is 5.73 Å². The van der Waals surface area contributed by atoms with E-state index in [-0.39, 0.29) is 5.82 Å². The first-order valence-corrected chi connectivity index (χ1v) is 5.45. The minimum atomic E-state index is -0.200. The summed E-state index contributed by atoms with van der Waals surface area (Å²) < 4.78 is 14.7. The second-order valence-corrected chi connectivity index (χ2v) is 3.73. The summed E-state index contributed by atoms with van der Waals surface area (Å²) in [6.45, 7) is 0. The Morgan fingerprint density at radius 2 is 2.12 bits per heavy atom. The zero-order chi connectivity index (χ0) is 12.3. The predicted octanol–water partition coefficient (Wildman–Crippen LogP) is 1.25. The van der Waals surface area contributed by atoms with E-state index in [1.54, 1.807) is 16.8 Å². The standard InChI is InChI=1S/C10H9FN4.CH5N/c11-8-3-4-10(15-6-12-13-14-15)9(5-8)7-1-2-7;1-2/h3-7H,1-2H2;2H2,1H3. The van der Waals surface area contributed by atoms with Crippen molar-refractivity contribution >= 4 is 0 Å². The molecule has 1 saturated carbocycles. The highest BCUT2D eigenvalue weighted by Crippen LogP contribution is 2.42. The van der Waals surface area contributed by atoms with Crippen molar-refractivity contribution in [2.45, 2.75) is 18.8 Å². The third kappa shape index (κ3) is 2.47. The zero-order valence-electron chi connectivity index (χ0n) is 9.55. The summed E-state index contributed by atoms with van der Waals surface area (Å²) in [5.41, 5.74) is 6.38. The Hall–Kier alpha value is -1.82. The van der Waals surface area contributed by atoms with Gasteiger partial charge in [-0.25, -0.2) is 9.07 Å². The van der Waals surface area contributed by atoms with Crippen LogP contribution in [0.2, 0.25) is 0 Å². The Bertz CT molecular complexity index is 479. The van der Waals surface area contributed by atoms with Crippen molar-refractivity contribution in [3.8, 4) is 5.69 Å². The summed E-state index contributed by atoms with van der Waals surface area (Å²) in [6.07, 6.45) is 3.77. The monoisotopic (exact) mass is 235 g/mol. The molecule has 2 N–H and O–H groups in total. The topological polar surface area (TPSA) is 69.6 Å². The lowest BCUT2D eigenvalue weighted by Crippen LogP contribution is -2.00. The Morgan fingerprint density at radius 1 is 1.35 bits per heavy atom. The van der Waals surface area contributed by atoms with Gasteiger partial charge in [-0.05, 0) is 60.0 Å². The maximum atomic E-state index is 13.1. The molecular weight excluding hydrogens is 221 g/mol. The van der Waals surface area contributed by atoms with Crippen LogP contribution in [-0.2, 0) is 0 Å². The van der Waals surface area contributed by atoms with E-state index in [9.17, 15) is 4.39 Å². The molecule has 1 aliphatic carbocycles. The van der Waals surface area contributed by atoms with Crippen molar-refractivity contribution in [1.82, 2.24) is 20.2 Å². The first-order chi connectivity index (χ1) is 8.34. The second kappa shape index (κ2) is 5.01. The molecule has 0 spiro atoms. The molecule has 6 heteroatoms. The quantitative estimate of drug-likeness (QED) is 0.850. The number of halogens is 1.